The average molecular weight is 472 g/mol. The summed E-state index contributed by atoms with van der Waals surface area (Å²) in [5.41, 5.74) is -2.49. The van der Waals surface area contributed by atoms with E-state index >= 15 is 0 Å². The van der Waals surface area contributed by atoms with Crippen molar-refractivity contribution in [2.24, 2.45) is 0 Å². The summed E-state index contributed by atoms with van der Waals surface area (Å²) in [6, 6.07) is 0. The van der Waals surface area contributed by atoms with Crippen molar-refractivity contribution in [2.45, 2.75) is 48.1 Å². The molecule has 0 aliphatic carbocycles. The van der Waals surface area contributed by atoms with Crippen LogP contribution in [0.25, 0.3) is 0 Å². The average Bonchev–Trinajstić information content (AvgIpc) is 2.50. The van der Waals surface area contributed by atoms with E-state index in [2.05, 4.69) is 0 Å². The monoisotopic (exact) mass is 472 g/mol. The zero-order valence-corrected chi connectivity index (χ0v) is 12.7. The van der Waals surface area contributed by atoms with Gasteiger partial charge >= 0.3 is 47.7 Å². The van der Waals surface area contributed by atoms with Gasteiger partial charge in [0.1, 0.15) is 0 Å². The second-order valence-electron chi connectivity index (χ2n) is 5.19. The predicted molar refractivity (Wildman–Crippen MR) is 57.2 cm³/mol. The summed E-state index contributed by atoms with van der Waals surface area (Å²) in [6.45, 7) is 0. The van der Waals surface area contributed by atoms with Gasteiger partial charge in [0.15, 0.2) is 0 Å². The molecule has 2 nitrogen and oxygen atoms in total. The van der Waals surface area contributed by atoms with Crippen LogP contribution in [0, 0.1) is 0 Å². The summed E-state index contributed by atoms with van der Waals surface area (Å²) in [5, 5.41) is 8.12. The first-order valence-corrected chi connectivity index (χ1v) is 6.23. The Morgan fingerprint density at radius 3 is 1.21 bits per heavy atom. The van der Waals surface area contributed by atoms with Crippen molar-refractivity contribution in [3.05, 3.63) is 11.9 Å². The highest BCUT2D eigenvalue weighted by Gasteiger charge is 2.93. The van der Waals surface area contributed by atoms with Crippen molar-refractivity contribution in [3.8, 4) is 0 Å². The normalized spacial score (nSPS) is 16.2. The van der Waals surface area contributed by atoms with E-state index in [0.29, 0.717) is 0 Å². The number of carbonyl (C=O) groups is 1. The lowest BCUT2D eigenvalue weighted by atomic mass is 9.89. The number of alkyl halides is 15. The molecule has 0 rings (SSSR count). The largest absolute Gasteiger partial charge is 0.478 e. The van der Waals surface area contributed by atoms with Gasteiger partial charge in [-0.15, -0.1) is 0 Å². The number of rotatable bonds is 8. The molecule has 0 aliphatic heterocycles. The Hall–Kier alpha value is -1.91. The van der Waals surface area contributed by atoms with E-state index in [4.69, 9.17) is 5.11 Å². The van der Waals surface area contributed by atoms with Crippen LogP contribution in [0.3, 0.4) is 0 Å². The maximum absolute atomic E-state index is 13.3. The van der Waals surface area contributed by atoms with Gasteiger partial charge in [0.05, 0.1) is 18.3 Å². The topological polar surface area (TPSA) is 37.3 Å². The molecule has 172 valence electrons. The maximum Gasteiger partial charge on any atom is 0.460 e. The fourth-order valence-corrected chi connectivity index (χ4v) is 1.51. The molecule has 0 aromatic heterocycles. The Morgan fingerprint density at radius 1 is 0.621 bits per heavy atom. The second kappa shape index (κ2) is 7.10. The minimum Gasteiger partial charge on any atom is -0.478 e. The molecule has 0 heterocycles. The van der Waals surface area contributed by atoms with Crippen LogP contribution in [0.5, 0.6) is 0 Å². The number of carboxylic acid groups (broad SMARTS) is 1. The van der Waals surface area contributed by atoms with Crippen LogP contribution < -0.4 is 0 Å². The molecule has 0 aromatic carbocycles. The molecular weight excluding hydrogens is 468 g/mol. The van der Waals surface area contributed by atoms with E-state index in [1.54, 1.807) is 0 Å². The smallest absolute Gasteiger partial charge is 0.460 e. The molecule has 0 aromatic rings. The van der Waals surface area contributed by atoms with Crippen molar-refractivity contribution < 1.29 is 80.1 Å². The number of halogens is 16. The lowest BCUT2D eigenvalue weighted by molar-refractivity contribution is -0.452. The highest BCUT2D eigenvalue weighted by molar-refractivity contribution is 5.86. The third-order valence-electron chi connectivity index (χ3n) is 3.21. The number of hydrogen-bond acceptors (Lipinski definition) is 1. The molecule has 18 heteroatoms. The molecule has 1 N–H and O–H groups in total. The van der Waals surface area contributed by atoms with Gasteiger partial charge in [-0.25, -0.2) is 9.18 Å². The molecule has 0 bridgehead atoms. The SMILES string of the molecule is O=C(O)C(=CF)CC(F)(F)C(F)(F)C(F)(F)C(F)(F)C(F)(F)C(F)(F)C(F)(F)F. The van der Waals surface area contributed by atoms with Crippen molar-refractivity contribution in [3.63, 3.8) is 0 Å². The first-order chi connectivity index (χ1) is 12.4. The summed E-state index contributed by atoms with van der Waals surface area (Å²) in [5.74, 6) is -50.9. The highest BCUT2D eigenvalue weighted by atomic mass is 19.4. The standard InChI is InChI=1S/C11H4F16O2/c12-2-3(4(28)29)1-5(13,14)6(15,16)7(17,18)8(19,20)9(21,22)10(23,24)11(25,26)27/h2H,1H2,(H,28,29). The summed E-state index contributed by atoms with van der Waals surface area (Å²) in [7, 11) is 0. The lowest BCUT2D eigenvalue weighted by Gasteiger charge is -2.41. The number of aliphatic carboxylic acids is 1. The van der Waals surface area contributed by atoms with E-state index in [-0.39, 0.29) is 0 Å². The van der Waals surface area contributed by atoms with Gasteiger partial charge in [0.2, 0.25) is 0 Å². The molecule has 0 amide bonds. The van der Waals surface area contributed by atoms with Crippen molar-refractivity contribution in [2.75, 3.05) is 0 Å². The first-order valence-electron chi connectivity index (χ1n) is 6.23. The molecule has 0 saturated carbocycles. The molecule has 0 radical (unpaired) electrons. The minimum absolute atomic E-state index is 1.41. The Morgan fingerprint density at radius 2 is 0.931 bits per heavy atom. The summed E-state index contributed by atoms with van der Waals surface area (Å²) in [6.07, 6.45) is -12.5. The number of carboxylic acids is 1. The van der Waals surface area contributed by atoms with Crippen molar-refractivity contribution in [1.82, 2.24) is 0 Å². The molecular formula is C11H4F16O2. The molecule has 0 fully saturated rings. The fourth-order valence-electron chi connectivity index (χ4n) is 1.51. The molecule has 0 unspecified atom stereocenters. The van der Waals surface area contributed by atoms with Crippen LogP contribution in [-0.2, 0) is 4.79 Å². The third kappa shape index (κ3) is 3.80. The van der Waals surface area contributed by atoms with Crippen molar-refractivity contribution >= 4 is 5.97 Å². The van der Waals surface area contributed by atoms with E-state index in [9.17, 15) is 75.0 Å². The van der Waals surface area contributed by atoms with Gasteiger partial charge in [-0.1, -0.05) is 0 Å². The predicted octanol–water partition coefficient (Wildman–Crippen LogP) is 5.69. The van der Waals surface area contributed by atoms with E-state index in [1.165, 1.54) is 0 Å². The zero-order chi connectivity index (χ0) is 24.1. The van der Waals surface area contributed by atoms with Crippen LogP contribution in [0.4, 0.5) is 70.2 Å². The Labute approximate surface area is 147 Å². The second-order valence-corrected chi connectivity index (χ2v) is 5.19. The lowest BCUT2D eigenvalue weighted by Crippen LogP contribution is -2.72. The highest BCUT2D eigenvalue weighted by Crippen LogP contribution is 2.62. The fraction of sp³-hybridized carbons (Fsp3) is 0.727. The Kier molecular flexibility index (Phi) is 6.63. The van der Waals surface area contributed by atoms with Gasteiger partial charge in [-0.05, 0) is 0 Å². The van der Waals surface area contributed by atoms with Crippen LogP contribution in [0.15, 0.2) is 11.9 Å². The van der Waals surface area contributed by atoms with E-state index in [0.717, 1.165) is 0 Å². The van der Waals surface area contributed by atoms with Crippen LogP contribution >= 0.6 is 0 Å². The van der Waals surface area contributed by atoms with E-state index < -0.39 is 66.0 Å². The Bertz CT molecular complexity index is 658. The number of hydrogen-bond donors (Lipinski definition) is 1. The molecule has 0 aliphatic rings. The van der Waals surface area contributed by atoms with Gasteiger partial charge in [0.25, 0.3) is 0 Å². The summed E-state index contributed by atoms with van der Waals surface area (Å²) < 4.78 is 204. The van der Waals surface area contributed by atoms with Gasteiger partial charge in [0, 0.05) is 0 Å². The van der Waals surface area contributed by atoms with Gasteiger partial charge < -0.3 is 5.11 Å². The molecule has 0 atom stereocenters. The minimum atomic E-state index is -8.48. The first kappa shape index (κ1) is 27.1. The molecule has 0 spiro atoms. The molecule has 29 heavy (non-hydrogen) atoms. The van der Waals surface area contributed by atoms with Crippen LogP contribution in [-0.4, -0.2) is 52.8 Å². The summed E-state index contributed by atoms with van der Waals surface area (Å²) in [4.78, 5) is 10.2. The Balaban J connectivity index is 6.53. The van der Waals surface area contributed by atoms with Gasteiger partial charge in [-0.3, -0.25) is 0 Å². The molecule has 0 saturated heterocycles. The van der Waals surface area contributed by atoms with E-state index in [1.807, 2.05) is 0 Å². The van der Waals surface area contributed by atoms with Crippen molar-refractivity contribution in [1.29, 1.82) is 0 Å². The quantitative estimate of drug-likeness (QED) is 0.364. The van der Waals surface area contributed by atoms with Gasteiger partial charge in [-0.2, -0.15) is 65.9 Å². The third-order valence-corrected chi connectivity index (χ3v) is 3.21. The zero-order valence-electron chi connectivity index (χ0n) is 12.7. The summed E-state index contributed by atoms with van der Waals surface area (Å²) >= 11 is 0. The van der Waals surface area contributed by atoms with Crippen LogP contribution in [0.1, 0.15) is 6.42 Å². The van der Waals surface area contributed by atoms with Crippen LogP contribution in [0.2, 0.25) is 0 Å². The maximum atomic E-state index is 13.3.